The molecule has 1 rings (SSSR count). The molecule has 0 N–H and O–H groups in total. The lowest BCUT2D eigenvalue weighted by Crippen LogP contribution is -2.25. The molecule has 0 bridgehead atoms. The lowest BCUT2D eigenvalue weighted by atomic mass is 10.1. The van der Waals surface area contributed by atoms with Crippen LogP contribution in [0.3, 0.4) is 0 Å². The number of hydrogen-bond acceptors (Lipinski definition) is 3. The molecule has 0 aliphatic heterocycles. The van der Waals surface area contributed by atoms with Crippen LogP contribution in [-0.4, -0.2) is 11.6 Å². The topological polar surface area (TPSA) is 35.5 Å². The Morgan fingerprint density at radius 2 is 1.95 bits per heavy atom. The summed E-state index contributed by atoms with van der Waals surface area (Å²) in [6, 6.07) is 7.42. The first kappa shape index (κ1) is 15.0. The number of para-hydroxylation sites is 1. The third-order valence-electron chi connectivity index (χ3n) is 2.60. The molecule has 0 amide bonds. The molecule has 0 aromatic heterocycles. The summed E-state index contributed by atoms with van der Waals surface area (Å²) in [6.07, 6.45) is 2.78. The second-order valence-corrected chi connectivity index (χ2v) is 4.71. The normalized spacial score (nSPS) is 12.4. The zero-order valence-corrected chi connectivity index (χ0v) is 11.7. The molecule has 0 saturated heterocycles. The van der Waals surface area contributed by atoms with Crippen LogP contribution in [0.1, 0.15) is 32.4 Å². The highest BCUT2D eigenvalue weighted by atomic mass is 16.5. The minimum atomic E-state index is -0.519. The summed E-state index contributed by atoms with van der Waals surface area (Å²) in [5, 5.41) is 0. The Morgan fingerprint density at radius 1 is 1.32 bits per heavy atom. The number of hydrogen-bond donors (Lipinski definition) is 0. The fourth-order valence-electron chi connectivity index (χ4n) is 1.55. The SMILES string of the molecule is C=CC(OC(C)=O)c1ccccc1OC(C)(C)C=C. The van der Waals surface area contributed by atoms with Crippen LogP contribution in [0.15, 0.2) is 49.6 Å². The van der Waals surface area contributed by atoms with Crippen LogP contribution in [0, 0.1) is 0 Å². The van der Waals surface area contributed by atoms with Gasteiger partial charge in [0, 0.05) is 12.5 Å². The Kier molecular flexibility index (Phi) is 4.93. The van der Waals surface area contributed by atoms with E-state index >= 15 is 0 Å². The molecule has 3 nitrogen and oxygen atoms in total. The minimum Gasteiger partial charge on any atom is -0.483 e. The van der Waals surface area contributed by atoms with Crippen LogP contribution in [0.25, 0.3) is 0 Å². The monoisotopic (exact) mass is 260 g/mol. The van der Waals surface area contributed by atoms with Crippen molar-refractivity contribution in [1.29, 1.82) is 0 Å². The number of esters is 1. The Hall–Kier alpha value is -2.03. The van der Waals surface area contributed by atoms with Crippen LogP contribution in [0.5, 0.6) is 5.75 Å². The highest BCUT2D eigenvalue weighted by molar-refractivity contribution is 5.66. The summed E-state index contributed by atoms with van der Waals surface area (Å²) >= 11 is 0. The van der Waals surface area contributed by atoms with Crippen molar-refractivity contribution in [1.82, 2.24) is 0 Å². The van der Waals surface area contributed by atoms with Crippen LogP contribution < -0.4 is 4.74 Å². The van der Waals surface area contributed by atoms with Gasteiger partial charge in [0.2, 0.25) is 0 Å². The highest BCUT2D eigenvalue weighted by Crippen LogP contribution is 2.31. The van der Waals surface area contributed by atoms with E-state index in [1.54, 1.807) is 12.2 Å². The van der Waals surface area contributed by atoms with Crippen molar-refractivity contribution < 1.29 is 14.3 Å². The van der Waals surface area contributed by atoms with Crippen molar-refractivity contribution in [2.75, 3.05) is 0 Å². The lowest BCUT2D eigenvalue weighted by Gasteiger charge is -2.25. The number of carbonyl (C=O) groups is 1. The van der Waals surface area contributed by atoms with E-state index in [1.165, 1.54) is 6.92 Å². The molecule has 0 fully saturated rings. The third kappa shape index (κ3) is 4.28. The smallest absolute Gasteiger partial charge is 0.303 e. The molecule has 0 radical (unpaired) electrons. The summed E-state index contributed by atoms with van der Waals surface area (Å²) < 4.78 is 11.1. The van der Waals surface area contributed by atoms with Crippen LogP contribution in [-0.2, 0) is 9.53 Å². The van der Waals surface area contributed by atoms with E-state index in [0.717, 1.165) is 5.56 Å². The summed E-state index contributed by atoms with van der Waals surface area (Å²) in [4.78, 5) is 11.1. The van der Waals surface area contributed by atoms with Crippen molar-refractivity contribution >= 4 is 5.97 Å². The van der Waals surface area contributed by atoms with E-state index in [4.69, 9.17) is 9.47 Å². The molecule has 0 heterocycles. The standard InChI is InChI=1S/C16H20O3/c1-6-14(18-12(3)17)13-10-8-9-11-15(13)19-16(4,5)7-2/h6-11,14H,1-2H2,3-5H3. The molecular weight excluding hydrogens is 240 g/mol. The average molecular weight is 260 g/mol. The largest absolute Gasteiger partial charge is 0.483 e. The first-order valence-electron chi connectivity index (χ1n) is 6.11. The fourth-order valence-corrected chi connectivity index (χ4v) is 1.55. The number of ether oxygens (including phenoxy) is 2. The van der Waals surface area contributed by atoms with E-state index in [1.807, 2.05) is 38.1 Å². The Labute approximate surface area is 114 Å². The Morgan fingerprint density at radius 3 is 2.47 bits per heavy atom. The summed E-state index contributed by atoms with van der Waals surface area (Å²) in [7, 11) is 0. The molecule has 1 unspecified atom stereocenters. The molecule has 0 aliphatic carbocycles. The van der Waals surface area contributed by atoms with Crippen LogP contribution in [0.4, 0.5) is 0 Å². The predicted molar refractivity (Wildman–Crippen MR) is 76.1 cm³/mol. The summed E-state index contributed by atoms with van der Waals surface area (Å²) in [5.74, 6) is 0.293. The van der Waals surface area contributed by atoms with Gasteiger partial charge in [-0.1, -0.05) is 31.4 Å². The first-order valence-corrected chi connectivity index (χ1v) is 6.11. The van der Waals surface area contributed by atoms with Crippen molar-refractivity contribution in [2.45, 2.75) is 32.5 Å². The average Bonchev–Trinajstić information content (AvgIpc) is 2.36. The molecule has 1 aromatic rings. The molecule has 3 heteroatoms. The number of rotatable bonds is 6. The second kappa shape index (κ2) is 6.23. The van der Waals surface area contributed by atoms with Crippen LogP contribution >= 0.6 is 0 Å². The molecular formula is C16H20O3. The Bertz CT molecular complexity index is 475. The van der Waals surface area contributed by atoms with Gasteiger partial charge in [-0.25, -0.2) is 0 Å². The van der Waals surface area contributed by atoms with Gasteiger partial charge in [-0.2, -0.15) is 0 Å². The summed E-state index contributed by atoms with van der Waals surface area (Å²) in [5.41, 5.74) is 0.264. The van der Waals surface area contributed by atoms with Gasteiger partial charge in [-0.3, -0.25) is 4.79 Å². The lowest BCUT2D eigenvalue weighted by molar-refractivity contribution is -0.144. The molecule has 0 aliphatic rings. The van der Waals surface area contributed by atoms with E-state index in [0.29, 0.717) is 5.75 Å². The van der Waals surface area contributed by atoms with E-state index in [-0.39, 0.29) is 5.97 Å². The van der Waals surface area contributed by atoms with Gasteiger partial charge < -0.3 is 9.47 Å². The van der Waals surface area contributed by atoms with Gasteiger partial charge in [-0.05, 0) is 32.1 Å². The van der Waals surface area contributed by atoms with E-state index in [9.17, 15) is 4.79 Å². The Balaban J connectivity index is 3.10. The maximum absolute atomic E-state index is 11.1. The zero-order valence-electron chi connectivity index (χ0n) is 11.7. The maximum Gasteiger partial charge on any atom is 0.303 e. The summed E-state index contributed by atoms with van der Waals surface area (Å²) in [6.45, 7) is 12.6. The molecule has 1 atom stereocenters. The second-order valence-electron chi connectivity index (χ2n) is 4.71. The minimum absolute atomic E-state index is 0.359. The maximum atomic E-state index is 11.1. The van der Waals surface area contributed by atoms with Gasteiger partial charge in [0.25, 0.3) is 0 Å². The molecule has 0 saturated carbocycles. The predicted octanol–water partition coefficient (Wildman–Crippen LogP) is 3.82. The van der Waals surface area contributed by atoms with Gasteiger partial charge in [0.05, 0.1) is 0 Å². The van der Waals surface area contributed by atoms with E-state index in [2.05, 4.69) is 13.2 Å². The highest BCUT2D eigenvalue weighted by Gasteiger charge is 2.20. The molecule has 102 valence electrons. The molecule has 1 aromatic carbocycles. The quantitative estimate of drug-likeness (QED) is 0.576. The van der Waals surface area contributed by atoms with E-state index < -0.39 is 11.7 Å². The zero-order chi connectivity index (χ0) is 14.5. The van der Waals surface area contributed by atoms with Gasteiger partial charge in [0.15, 0.2) is 0 Å². The fraction of sp³-hybridized carbons (Fsp3) is 0.312. The van der Waals surface area contributed by atoms with Crippen molar-refractivity contribution in [3.05, 3.63) is 55.1 Å². The van der Waals surface area contributed by atoms with Gasteiger partial charge in [-0.15, -0.1) is 0 Å². The number of benzene rings is 1. The van der Waals surface area contributed by atoms with Crippen molar-refractivity contribution in [3.63, 3.8) is 0 Å². The van der Waals surface area contributed by atoms with Crippen molar-refractivity contribution in [3.8, 4) is 5.75 Å². The van der Waals surface area contributed by atoms with Gasteiger partial charge >= 0.3 is 5.97 Å². The van der Waals surface area contributed by atoms with Crippen LogP contribution in [0.2, 0.25) is 0 Å². The molecule has 19 heavy (non-hydrogen) atoms. The first-order chi connectivity index (χ1) is 8.89. The van der Waals surface area contributed by atoms with Crippen molar-refractivity contribution in [2.24, 2.45) is 0 Å². The van der Waals surface area contributed by atoms with Gasteiger partial charge in [0.1, 0.15) is 17.5 Å². The third-order valence-corrected chi connectivity index (χ3v) is 2.60. The number of carbonyl (C=O) groups excluding carboxylic acids is 1. The molecule has 0 spiro atoms.